The molecule has 0 unspecified atom stereocenters. The van der Waals surface area contributed by atoms with Gasteiger partial charge in [0.05, 0.1) is 21.0 Å². The highest BCUT2D eigenvalue weighted by Gasteiger charge is 2.32. The number of rotatable bonds is 2. The summed E-state index contributed by atoms with van der Waals surface area (Å²) in [6.45, 7) is 1.90. The van der Waals surface area contributed by atoms with Crippen molar-refractivity contribution >= 4 is 34.2 Å². The number of nitriles is 1. The summed E-state index contributed by atoms with van der Waals surface area (Å²) in [5.74, 6) is 0. The van der Waals surface area contributed by atoms with Crippen molar-refractivity contribution in [1.29, 1.82) is 5.26 Å². The molecule has 4 nitrogen and oxygen atoms in total. The summed E-state index contributed by atoms with van der Waals surface area (Å²) in [4.78, 5) is 4.40. The van der Waals surface area contributed by atoms with Gasteiger partial charge in [-0.25, -0.2) is 9.67 Å². The molecule has 0 saturated heterocycles. The van der Waals surface area contributed by atoms with Crippen LogP contribution < -0.4 is 0 Å². The molecule has 9 heteroatoms. The van der Waals surface area contributed by atoms with Crippen LogP contribution in [0.25, 0.3) is 16.7 Å². The normalized spacial score (nSPS) is 11.7. The molecule has 0 spiro atoms. The number of alkyl halides is 3. The van der Waals surface area contributed by atoms with Crippen LogP contribution in [0.1, 0.15) is 23.9 Å². The van der Waals surface area contributed by atoms with E-state index in [1.54, 1.807) is 12.1 Å². The Morgan fingerprint density at radius 2 is 1.84 bits per heavy atom. The molecular formula is C16H9Cl2F3N4. The summed E-state index contributed by atoms with van der Waals surface area (Å²) in [5, 5.41) is 13.3. The van der Waals surface area contributed by atoms with Crippen molar-refractivity contribution in [3.63, 3.8) is 0 Å². The van der Waals surface area contributed by atoms with Gasteiger partial charge in [-0.05, 0) is 30.7 Å². The zero-order valence-electron chi connectivity index (χ0n) is 12.7. The van der Waals surface area contributed by atoms with Crippen molar-refractivity contribution in [3.05, 3.63) is 51.3 Å². The maximum absolute atomic E-state index is 12.9. The summed E-state index contributed by atoms with van der Waals surface area (Å²) < 4.78 is 39.9. The number of nitrogens with zero attached hydrogens (tertiary/aromatic N) is 4. The van der Waals surface area contributed by atoms with E-state index in [2.05, 4.69) is 10.1 Å². The molecule has 2 aromatic heterocycles. The Kier molecular flexibility index (Phi) is 4.35. The van der Waals surface area contributed by atoms with Crippen molar-refractivity contribution in [2.45, 2.75) is 19.5 Å². The fourth-order valence-corrected chi connectivity index (χ4v) is 3.05. The summed E-state index contributed by atoms with van der Waals surface area (Å²) in [6, 6.07) is 6.92. The first-order valence-electron chi connectivity index (χ1n) is 7.11. The minimum Gasteiger partial charge on any atom is -0.233 e. The quantitative estimate of drug-likeness (QED) is 0.611. The summed E-state index contributed by atoms with van der Waals surface area (Å²) in [5.41, 5.74) is 0.197. The van der Waals surface area contributed by atoms with E-state index in [4.69, 9.17) is 23.2 Å². The molecule has 0 bridgehead atoms. The fourth-order valence-electron chi connectivity index (χ4n) is 2.40. The van der Waals surface area contributed by atoms with E-state index in [1.165, 1.54) is 4.68 Å². The Labute approximate surface area is 150 Å². The molecule has 2 heterocycles. The minimum atomic E-state index is -4.58. The van der Waals surface area contributed by atoms with Gasteiger partial charge in [-0.3, -0.25) is 0 Å². The highest BCUT2D eigenvalue weighted by Crippen LogP contribution is 2.38. The van der Waals surface area contributed by atoms with Crippen LogP contribution in [0.2, 0.25) is 10.0 Å². The van der Waals surface area contributed by atoms with Crippen molar-refractivity contribution in [3.8, 4) is 11.8 Å². The maximum atomic E-state index is 12.9. The molecule has 3 aromatic rings. The van der Waals surface area contributed by atoms with Crippen LogP contribution in [0.15, 0.2) is 24.3 Å². The number of halogens is 5. The van der Waals surface area contributed by atoms with Gasteiger partial charge in [0, 0.05) is 5.69 Å². The van der Waals surface area contributed by atoms with E-state index in [0.29, 0.717) is 17.5 Å². The molecule has 0 amide bonds. The van der Waals surface area contributed by atoms with E-state index in [0.717, 1.165) is 17.8 Å². The molecule has 3 rings (SSSR count). The van der Waals surface area contributed by atoms with Gasteiger partial charge in [0.25, 0.3) is 0 Å². The fraction of sp³-hybridized carbons (Fsp3) is 0.188. The van der Waals surface area contributed by atoms with E-state index in [9.17, 15) is 18.4 Å². The predicted octanol–water partition coefficient (Wildman–Crippen LogP) is 5.18. The van der Waals surface area contributed by atoms with Crippen LogP contribution in [0, 0.1) is 11.3 Å². The van der Waals surface area contributed by atoms with Crippen LogP contribution >= 0.6 is 23.2 Å². The maximum Gasteiger partial charge on any atom is 0.416 e. The lowest BCUT2D eigenvalue weighted by atomic mass is 10.2. The van der Waals surface area contributed by atoms with Gasteiger partial charge >= 0.3 is 6.18 Å². The molecule has 0 radical (unpaired) electrons. The van der Waals surface area contributed by atoms with E-state index in [-0.39, 0.29) is 21.4 Å². The Balaban J connectivity index is 2.32. The van der Waals surface area contributed by atoms with Crippen molar-refractivity contribution in [2.24, 2.45) is 0 Å². The second kappa shape index (κ2) is 6.21. The molecule has 1 aromatic carbocycles. The average molecular weight is 385 g/mol. The van der Waals surface area contributed by atoms with Crippen LogP contribution in [0.4, 0.5) is 13.2 Å². The van der Waals surface area contributed by atoms with Gasteiger partial charge in [-0.15, -0.1) is 0 Å². The van der Waals surface area contributed by atoms with Crippen molar-refractivity contribution < 1.29 is 13.2 Å². The molecule has 0 saturated carbocycles. The Morgan fingerprint density at radius 1 is 1.20 bits per heavy atom. The van der Waals surface area contributed by atoms with Gasteiger partial charge in [-0.2, -0.15) is 23.5 Å². The molecule has 0 atom stereocenters. The first-order valence-corrected chi connectivity index (χ1v) is 7.87. The third-order valence-electron chi connectivity index (χ3n) is 3.61. The van der Waals surface area contributed by atoms with E-state index < -0.39 is 11.7 Å². The molecule has 128 valence electrons. The lowest BCUT2D eigenvalue weighted by Crippen LogP contribution is -2.07. The third-order valence-corrected chi connectivity index (χ3v) is 4.19. The topological polar surface area (TPSA) is 54.5 Å². The molecule has 0 fully saturated rings. The SMILES string of the molecule is CCc1ccc2c(C#N)nn(-c3c(Cl)cc(C(F)(F)F)cc3Cl)c2n1. The number of fused-ring (bicyclic) bond motifs is 1. The van der Waals surface area contributed by atoms with Gasteiger partial charge in [0.2, 0.25) is 0 Å². The van der Waals surface area contributed by atoms with Gasteiger partial charge in [0.1, 0.15) is 11.8 Å². The summed E-state index contributed by atoms with van der Waals surface area (Å²) >= 11 is 12.1. The van der Waals surface area contributed by atoms with Crippen LogP contribution in [0.3, 0.4) is 0 Å². The molecule has 0 aliphatic heterocycles. The van der Waals surface area contributed by atoms with Crippen LogP contribution in [-0.4, -0.2) is 14.8 Å². The smallest absolute Gasteiger partial charge is 0.233 e. The predicted molar refractivity (Wildman–Crippen MR) is 88.0 cm³/mol. The van der Waals surface area contributed by atoms with Crippen molar-refractivity contribution in [2.75, 3.05) is 0 Å². The number of hydrogen-bond acceptors (Lipinski definition) is 3. The molecule has 0 N–H and O–H groups in total. The van der Waals surface area contributed by atoms with Gasteiger partial charge in [0.15, 0.2) is 11.3 Å². The number of benzene rings is 1. The number of aromatic nitrogens is 3. The van der Waals surface area contributed by atoms with Gasteiger partial charge in [-0.1, -0.05) is 30.1 Å². The molecule has 0 aliphatic rings. The number of aryl methyl sites for hydroxylation is 1. The van der Waals surface area contributed by atoms with E-state index in [1.807, 2.05) is 13.0 Å². The lowest BCUT2D eigenvalue weighted by molar-refractivity contribution is -0.137. The van der Waals surface area contributed by atoms with Crippen LogP contribution in [0.5, 0.6) is 0 Å². The Bertz CT molecular complexity index is 996. The second-order valence-electron chi connectivity index (χ2n) is 5.19. The highest BCUT2D eigenvalue weighted by molar-refractivity contribution is 6.38. The number of pyridine rings is 1. The number of hydrogen-bond donors (Lipinski definition) is 0. The first-order chi connectivity index (χ1) is 11.8. The Hall–Kier alpha value is -2.30. The van der Waals surface area contributed by atoms with Crippen LogP contribution in [-0.2, 0) is 12.6 Å². The standard InChI is InChI=1S/C16H9Cl2F3N4/c1-2-9-3-4-10-13(7-22)24-25(15(10)23-9)14-11(17)5-8(6-12(14)18)16(19,20)21/h3-6H,2H2,1H3. The summed E-state index contributed by atoms with van der Waals surface area (Å²) in [6.07, 6.45) is -3.94. The minimum absolute atomic E-state index is 0.0450. The average Bonchev–Trinajstić information content (AvgIpc) is 2.91. The zero-order valence-corrected chi connectivity index (χ0v) is 14.2. The zero-order chi connectivity index (χ0) is 18.4. The Morgan fingerprint density at radius 3 is 2.36 bits per heavy atom. The van der Waals surface area contributed by atoms with Crippen molar-refractivity contribution in [1.82, 2.24) is 14.8 Å². The molecule has 25 heavy (non-hydrogen) atoms. The monoisotopic (exact) mass is 384 g/mol. The second-order valence-corrected chi connectivity index (χ2v) is 6.00. The van der Waals surface area contributed by atoms with Gasteiger partial charge < -0.3 is 0 Å². The largest absolute Gasteiger partial charge is 0.416 e. The first kappa shape index (κ1) is 17.5. The molecular weight excluding hydrogens is 376 g/mol. The van der Waals surface area contributed by atoms with E-state index >= 15 is 0 Å². The third kappa shape index (κ3) is 3.03. The highest BCUT2D eigenvalue weighted by atomic mass is 35.5. The lowest BCUT2D eigenvalue weighted by Gasteiger charge is -2.12. The molecule has 0 aliphatic carbocycles. The summed E-state index contributed by atoms with van der Waals surface area (Å²) in [7, 11) is 0.